The third-order valence-corrected chi connectivity index (χ3v) is 8.23. The van der Waals surface area contributed by atoms with Crippen LogP contribution in [0.4, 0.5) is 52.7 Å². The maximum absolute atomic E-state index is 13.5. The van der Waals surface area contributed by atoms with E-state index >= 15 is 0 Å². The average Bonchev–Trinajstić information content (AvgIpc) is 2.76. The number of halogens is 12. The summed E-state index contributed by atoms with van der Waals surface area (Å²) in [6, 6.07) is 2.89. The molecule has 0 spiro atoms. The first-order valence-corrected chi connectivity index (χ1v) is 12.7. The Hall–Kier alpha value is -1.84. The Bertz CT molecular complexity index is 1360. The molecule has 0 amide bonds. The number of hydrogen-bond acceptors (Lipinski definition) is 2. The third kappa shape index (κ3) is 8.13. The van der Waals surface area contributed by atoms with E-state index < -0.39 is 85.8 Å². The zero-order chi connectivity index (χ0) is 29.8. The molecule has 0 aliphatic carbocycles. The van der Waals surface area contributed by atoms with Crippen molar-refractivity contribution in [3.63, 3.8) is 0 Å². The zero-order valence-electron chi connectivity index (χ0n) is 20.4. The SMILES string of the molecule is O=S(=O)(O)c1cccc(P(c2cc(C(F)(F)F)cc(C(F)(F)F)c2)c2cc(C(F)(F)F)cc(C(F)(F)F)c2)c1.[H-].[Na+]. The van der Waals surface area contributed by atoms with Gasteiger partial charge >= 0.3 is 54.3 Å². The van der Waals surface area contributed by atoms with Crippen LogP contribution in [0, 0.1) is 0 Å². The molecule has 0 unspecified atom stereocenters. The standard InChI is InChI=1S/C22H11F12O3PS.Na.H/c23-19(24,25)11-4-12(20(26,27)28)7-16(6-11)38(15-2-1-3-18(10-15)39(35,36)37)17-8-13(21(29,30)31)5-14(9-17)22(32,33)34;;/h1-10H,(H,35,36,37);;/q;+1;-1. The molecule has 0 saturated carbocycles. The smallest absolute Gasteiger partial charge is 1.00 e. The van der Waals surface area contributed by atoms with Crippen LogP contribution >= 0.6 is 7.92 Å². The van der Waals surface area contributed by atoms with Crippen molar-refractivity contribution in [2.45, 2.75) is 29.6 Å². The molecule has 40 heavy (non-hydrogen) atoms. The van der Waals surface area contributed by atoms with Gasteiger partial charge in [-0.25, -0.2) is 0 Å². The van der Waals surface area contributed by atoms with Crippen LogP contribution in [0.3, 0.4) is 0 Å². The van der Waals surface area contributed by atoms with Gasteiger partial charge in [0.05, 0.1) is 27.1 Å². The summed E-state index contributed by atoms with van der Waals surface area (Å²) >= 11 is 0. The van der Waals surface area contributed by atoms with E-state index in [0.717, 1.165) is 18.2 Å². The molecule has 214 valence electrons. The van der Waals surface area contributed by atoms with Gasteiger partial charge in [0, 0.05) is 0 Å². The Labute approximate surface area is 242 Å². The van der Waals surface area contributed by atoms with Gasteiger partial charge in [0.1, 0.15) is 0 Å². The molecule has 3 aromatic carbocycles. The van der Waals surface area contributed by atoms with E-state index in [1.807, 2.05) is 0 Å². The number of hydrogen-bond donors (Lipinski definition) is 1. The molecule has 0 aliphatic rings. The molecule has 0 atom stereocenters. The maximum atomic E-state index is 13.5. The van der Waals surface area contributed by atoms with E-state index in [2.05, 4.69) is 0 Å². The van der Waals surface area contributed by atoms with Gasteiger partial charge in [0.25, 0.3) is 10.1 Å². The zero-order valence-corrected chi connectivity index (χ0v) is 23.1. The van der Waals surface area contributed by atoms with E-state index in [1.54, 1.807) is 0 Å². The molecule has 1 N–H and O–H groups in total. The van der Waals surface area contributed by atoms with Crippen molar-refractivity contribution >= 4 is 34.0 Å². The second-order valence-corrected chi connectivity index (χ2v) is 11.5. The summed E-state index contributed by atoms with van der Waals surface area (Å²) in [5.41, 5.74) is -7.63. The van der Waals surface area contributed by atoms with Gasteiger partial charge < -0.3 is 1.43 Å². The molecule has 18 heteroatoms. The van der Waals surface area contributed by atoms with Crippen LogP contribution in [-0.2, 0) is 34.8 Å². The Balaban J connectivity index is 0.00000420. The van der Waals surface area contributed by atoms with Gasteiger partial charge in [-0.05, 0) is 72.4 Å². The topological polar surface area (TPSA) is 54.4 Å². The van der Waals surface area contributed by atoms with Gasteiger partial charge in [-0.2, -0.15) is 61.1 Å². The molecule has 0 radical (unpaired) electrons. The Morgan fingerprint density at radius 1 is 0.550 bits per heavy atom. The predicted octanol–water partition coefficient (Wildman–Crippen LogP) is 3.88. The summed E-state index contributed by atoms with van der Waals surface area (Å²) in [5, 5.41) is -2.56. The van der Waals surface area contributed by atoms with E-state index in [0.29, 0.717) is 6.07 Å². The number of rotatable bonds is 4. The molecular weight excluding hydrogens is 626 g/mol. The summed E-state index contributed by atoms with van der Waals surface area (Å²) in [6.45, 7) is 0. The second kappa shape index (κ2) is 11.4. The van der Waals surface area contributed by atoms with E-state index in [1.165, 1.54) is 0 Å². The van der Waals surface area contributed by atoms with Crippen molar-refractivity contribution in [3.05, 3.63) is 82.9 Å². The summed E-state index contributed by atoms with van der Waals surface area (Å²) < 4.78 is 194. The average molecular weight is 638 g/mol. The molecule has 0 aliphatic heterocycles. The third-order valence-electron chi connectivity index (χ3n) is 5.03. The quantitative estimate of drug-likeness (QED) is 0.205. The Morgan fingerprint density at radius 2 is 0.875 bits per heavy atom. The number of benzene rings is 3. The van der Waals surface area contributed by atoms with Gasteiger partial charge in [0.15, 0.2) is 0 Å². The monoisotopic (exact) mass is 638 g/mol. The van der Waals surface area contributed by atoms with E-state index in [4.69, 9.17) is 0 Å². The molecule has 3 rings (SSSR count). The minimum atomic E-state index is -5.42. The fourth-order valence-electron chi connectivity index (χ4n) is 3.37. The first-order chi connectivity index (χ1) is 17.5. The van der Waals surface area contributed by atoms with Crippen molar-refractivity contribution in [1.82, 2.24) is 0 Å². The molecular formula is C22H12F12NaO3PS. The summed E-state index contributed by atoms with van der Waals surface area (Å²) in [4.78, 5) is -0.960. The van der Waals surface area contributed by atoms with Gasteiger partial charge in [-0.15, -0.1) is 0 Å². The molecule has 0 aromatic heterocycles. The summed E-state index contributed by atoms with van der Waals surface area (Å²) in [6.07, 6.45) is -21.7. The van der Waals surface area contributed by atoms with Gasteiger partial charge in [0.2, 0.25) is 0 Å². The van der Waals surface area contributed by atoms with Crippen LogP contribution in [0.5, 0.6) is 0 Å². The normalized spacial score (nSPS) is 13.3. The van der Waals surface area contributed by atoms with Crippen molar-refractivity contribution in [3.8, 4) is 0 Å². The molecule has 0 heterocycles. The van der Waals surface area contributed by atoms with Crippen LogP contribution in [0.2, 0.25) is 0 Å². The first-order valence-electron chi connectivity index (χ1n) is 9.94. The van der Waals surface area contributed by atoms with Crippen LogP contribution in [-0.4, -0.2) is 13.0 Å². The molecule has 3 aromatic rings. The Morgan fingerprint density at radius 3 is 1.15 bits per heavy atom. The van der Waals surface area contributed by atoms with Crippen LogP contribution in [0.15, 0.2) is 65.6 Å². The van der Waals surface area contributed by atoms with Crippen molar-refractivity contribution in [2.75, 3.05) is 0 Å². The molecule has 0 fully saturated rings. The van der Waals surface area contributed by atoms with Gasteiger partial charge in [-0.1, -0.05) is 12.1 Å². The molecule has 0 bridgehead atoms. The Kier molecular flexibility index (Phi) is 9.83. The van der Waals surface area contributed by atoms with Crippen LogP contribution < -0.4 is 45.5 Å². The van der Waals surface area contributed by atoms with Gasteiger partial charge in [-0.3, -0.25) is 4.55 Å². The molecule has 3 nitrogen and oxygen atoms in total. The van der Waals surface area contributed by atoms with Crippen molar-refractivity contribution in [1.29, 1.82) is 0 Å². The fourth-order valence-corrected chi connectivity index (χ4v) is 6.45. The van der Waals surface area contributed by atoms with Crippen LogP contribution in [0.25, 0.3) is 0 Å². The van der Waals surface area contributed by atoms with Crippen LogP contribution in [0.1, 0.15) is 23.7 Å². The number of alkyl halides is 12. The summed E-state index contributed by atoms with van der Waals surface area (Å²) in [7, 11) is -8.20. The van der Waals surface area contributed by atoms with E-state index in [-0.39, 0.29) is 67.4 Å². The van der Waals surface area contributed by atoms with Crippen molar-refractivity contribution in [2.24, 2.45) is 0 Å². The predicted molar refractivity (Wildman–Crippen MR) is 116 cm³/mol. The van der Waals surface area contributed by atoms with Crippen molar-refractivity contribution < 1.29 is 96.6 Å². The maximum Gasteiger partial charge on any atom is 1.00 e. The second-order valence-electron chi connectivity index (χ2n) is 7.84. The first kappa shape index (κ1) is 34.4. The minimum Gasteiger partial charge on any atom is -1.00 e. The fraction of sp³-hybridized carbons (Fsp3) is 0.182. The molecule has 0 saturated heterocycles. The summed E-state index contributed by atoms with van der Waals surface area (Å²) in [5.74, 6) is 0. The minimum absolute atomic E-state index is 0. The largest absolute Gasteiger partial charge is 1.00 e. The van der Waals surface area contributed by atoms with E-state index in [9.17, 15) is 65.7 Å².